The molecule has 3 atom stereocenters. The average molecular weight is 497 g/mol. The van der Waals surface area contributed by atoms with Crippen LogP contribution in [-0.4, -0.2) is 48.6 Å². The largest absolute Gasteiger partial charge is 0.462 e. The molecule has 0 aliphatic carbocycles. The molecule has 1 N–H and O–H groups in total. The highest BCUT2D eigenvalue weighted by molar-refractivity contribution is 5.70. The second-order valence-electron chi connectivity index (χ2n) is 9.86. The Morgan fingerprint density at radius 2 is 1.43 bits per heavy atom. The van der Waals surface area contributed by atoms with E-state index in [2.05, 4.69) is 26.0 Å². The van der Waals surface area contributed by atoms with Gasteiger partial charge in [-0.2, -0.15) is 0 Å². The monoisotopic (exact) mass is 496 g/mol. The van der Waals surface area contributed by atoms with Crippen molar-refractivity contribution in [2.75, 3.05) is 13.2 Å². The Labute approximate surface area is 214 Å². The van der Waals surface area contributed by atoms with Gasteiger partial charge in [0.2, 0.25) is 0 Å². The molecule has 0 spiro atoms. The van der Waals surface area contributed by atoms with E-state index in [1.807, 2.05) is 0 Å². The zero-order valence-corrected chi connectivity index (χ0v) is 22.5. The summed E-state index contributed by atoms with van der Waals surface area (Å²) in [6.45, 7) is 3.97. The van der Waals surface area contributed by atoms with Crippen molar-refractivity contribution in [1.82, 2.24) is 0 Å². The lowest BCUT2D eigenvalue weighted by atomic mass is 10.1. The van der Waals surface area contributed by atoms with Crippen LogP contribution in [0.25, 0.3) is 0 Å². The van der Waals surface area contributed by atoms with E-state index in [0.29, 0.717) is 25.0 Å². The van der Waals surface area contributed by atoms with Gasteiger partial charge >= 0.3 is 11.9 Å². The molecular weight excluding hydrogens is 444 g/mol. The van der Waals surface area contributed by atoms with Gasteiger partial charge in [0.1, 0.15) is 6.61 Å². The molecule has 1 aliphatic heterocycles. The summed E-state index contributed by atoms with van der Waals surface area (Å²) in [7, 11) is 0. The first kappa shape index (κ1) is 31.6. The summed E-state index contributed by atoms with van der Waals surface area (Å²) in [5, 5.41) is 9.39. The Morgan fingerprint density at radius 3 is 2.14 bits per heavy atom. The van der Waals surface area contributed by atoms with Crippen LogP contribution in [0.4, 0.5) is 0 Å². The van der Waals surface area contributed by atoms with E-state index >= 15 is 0 Å². The number of aliphatic hydroxyl groups excluding tert-OH is 1. The number of esters is 2. The molecule has 6 nitrogen and oxygen atoms in total. The van der Waals surface area contributed by atoms with Crippen LogP contribution in [0.5, 0.6) is 0 Å². The van der Waals surface area contributed by atoms with Crippen LogP contribution in [0.2, 0.25) is 0 Å². The summed E-state index contributed by atoms with van der Waals surface area (Å²) in [6.07, 6.45) is 23.1. The normalized spacial score (nSPS) is 18.0. The summed E-state index contributed by atoms with van der Waals surface area (Å²) < 4.78 is 16.2. The minimum absolute atomic E-state index is 0.0760. The maximum atomic E-state index is 11.9. The van der Waals surface area contributed by atoms with E-state index in [4.69, 9.17) is 14.2 Å². The van der Waals surface area contributed by atoms with Gasteiger partial charge in [0.05, 0.1) is 18.8 Å². The average Bonchev–Trinajstić information content (AvgIpc) is 3.61. The van der Waals surface area contributed by atoms with Crippen molar-refractivity contribution in [2.24, 2.45) is 0 Å². The first-order valence-corrected chi connectivity index (χ1v) is 14.4. The predicted octanol–water partition coefficient (Wildman–Crippen LogP) is 6.82. The predicted molar refractivity (Wildman–Crippen MR) is 140 cm³/mol. The number of hydrogen-bond donors (Lipinski definition) is 1. The lowest BCUT2D eigenvalue weighted by Crippen LogP contribution is -2.28. The lowest BCUT2D eigenvalue weighted by molar-refractivity contribution is -0.161. The molecular formula is C29H52O6. The zero-order valence-electron chi connectivity index (χ0n) is 22.5. The smallest absolute Gasteiger partial charge is 0.306 e. The van der Waals surface area contributed by atoms with Gasteiger partial charge in [-0.15, -0.1) is 0 Å². The molecule has 0 saturated carbocycles. The van der Waals surface area contributed by atoms with E-state index < -0.39 is 6.10 Å². The third-order valence-corrected chi connectivity index (χ3v) is 6.48. The number of rotatable bonds is 24. The number of carbonyl (C=O) groups is 2. The fraction of sp³-hybridized carbons (Fsp3) is 0.862. The first-order chi connectivity index (χ1) is 17.1. The van der Waals surface area contributed by atoms with E-state index in [1.165, 1.54) is 38.5 Å². The summed E-state index contributed by atoms with van der Waals surface area (Å²) >= 11 is 0. The number of carbonyl (C=O) groups excluding carboxylic acids is 2. The molecule has 0 aromatic heterocycles. The van der Waals surface area contributed by atoms with Crippen LogP contribution < -0.4 is 0 Å². The first-order valence-electron chi connectivity index (χ1n) is 14.4. The van der Waals surface area contributed by atoms with Gasteiger partial charge in [0, 0.05) is 12.8 Å². The van der Waals surface area contributed by atoms with Crippen molar-refractivity contribution in [3.63, 3.8) is 0 Å². The Kier molecular flexibility index (Phi) is 19.7. The number of epoxide rings is 1. The van der Waals surface area contributed by atoms with Crippen molar-refractivity contribution in [3.05, 3.63) is 12.2 Å². The Hall–Kier alpha value is -1.40. The molecule has 1 fully saturated rings. The maximum absolute atomic E-state index is 11.9. The number of aliphatic hydroxyl groups is 1. The minimum Gasteiger partial charge on any atom is -0.462 e. The van der Waals surface area contributed by atoms with E-state index in [-0.39, 0.29) is 25.2 Å². The van der Waals surface area contributed by atoms with Crippen LogP contribution in [0.3, 0.4) is 0 Å². The third kappa shape index (κ3) is 18.5. The molecule has 204 valence electrons. The van der Waals surface area contributed by atoms with Crippen molar-refractivity contribution < 1.29 is 28.9 Å². The fourth-order valence-electron chi connectivity index (χ4n) is 4.15. The highest BCUT2D eigenvalue weighted by Gasteiger charge is 2.36. The van der Waals surface area contributed by atoms with E-state index in [0.717, 1.165) is 64.2 Å². The molecule has 2 unspecified atom stereocenters. The Bertz CT molecular complexity index is 561. The summed E-state index contributed by atoms with van der Waals surface area (Å²) in [5.74, 6) is -0.630. The molecule has 1 aliphatic rings. The van der Waals surface area contributed by atoms with Gasteiger partial charge in [-0.1, -0.05) is 90.2 Å². The molecule has 35 heavy (non-hydrogen) atoms. The highest BCUT2D eigenvalue weighted by atomic mass is 16.6. The molecule has 1 saturated heterocycles. The van der Waals surface area contributed by atoms with Gasteiger partial charge in [0.15, 0.2) is 6.10 Å². The summed E-state index contributed by atoms with van der Waals surface area (Å²) in [5.41, 5.74) is 0. The Balaban J connectivity index is 1.93. The van der Waals surface area contributed by atoms with Crippen LogP contribution in [-0.2, 0) is 23.8 Å². The summed E-state index contributed by atoms with van der Waals surface area (Å²) in [4.78, 5) is 23.8. The molecule has 0 amide bonds. The van der Waals surface area contributed by atoms with Crippen molar-refractivity contribution in [1.29, 1.82) is 0 Å². The molecule has 0 aromatic rings. The molecule has 6 heteroatoms. The van der Waals surface area contributed by atoms with Crippen LogP contribution in [0.15, 0.2) is 12.2 Å². The number of hydrogen-bond acceptors (Lipinski definition) is 6. The van der Waals surface area contributed by atoms with Crippen LogP contribution in [0, 0.1) is 0 Å². The summed E-state index contributed by atoms with van der Waals surface area (Å²) in [6, 6.07) is 0. The second kappa shape index (κ2) is 21.8. The molecule has 0 radical (unpaired) electrons. The lowest BCUT2D eigenvalue weighted by Gasteiger charge is -2.15. The highest BCUT2D eigenvalue weighted by Crippen LogP contribution is 2.30. The molecule has 1 rings (SSSR count). The molecule has 0 aromatic carbocycles. The fourth-order valence-corrected chi connectivity index (χ4v) is 4.15. The van der Waals surface area contributed by atoms with E-state index in [1.54, 1.807) is 0 Å². The van der Waals surface area contributed by atoms with Crippen molar-refractivity contribution in [3.8, 4) is 0 Å². The van der Waals surface area contributed by atoms with Crippen molar-refractivity contribution in [2.45, 2.75) is 148 Å². The SMILES string of the molecule is CCCCC/C=C\CC1OC1CCCCCCCC(=O)OC[C@H](CO)OC(=O)CCCCCCC. The van der Waals surface area contributed by atoms with Crippen LogP contribution in [0.1, 0.15) is 129 Å². The maximum Gasteiger partial charge on any atom is 0.306 e. The third-order valence-electron chi connectivity index (χ3n) is 6.48. The quantitative estimate of drug-likeness (QED) is 0.0683. The Morgan fingerprint density at radius 1 is 0.800 bits per heavy atom. The van der Waals surface area contributed by atoms with Gasteiger partial charge in [-0.25, -0.2) is 0 Å². The zero-order chi connectivity index (χ0) is 25.6. The van der Waals surface area contributed by atoms with Crippen molar-refractivity contribution >= 4 is 11.9 Å². The van der Waals surface area contributed by atoms with Gasteiger partial charge in [0.25, 0.3) is 0 Å². The van der Waals surface area contributed by atoms with Gasteiger partial charge in [-0.3, -0.25) is 9.59 Å². The minimum atomic E-state index is -0.771. The number of ether oxygens (including phenoxy) is 3. The van der Waals surface area contributed by atoms with Gasteiger partial charge < -0.3 is 19.3 Å². The van der Waals surface area contributed by atoms with Crippen LogP contribution >= 0.6 is 0 Å². The molecule has 1 heterocycles. The standard InChI is InChI=1S/C29H52O6/c1-3-5-7-9-12-15-19-26-27(35-26)20-16-13-10-14-17-21-28(31)33-24-25(23-30)34-29(32)22-18-11-8-6-4-2/h12,15,25-27,30H,3-11,13-14,16-24H2,1-2H3/b15-12-/t25-,26?,27?/m0/s1. The second-order valence-corrected chi connectivity index (χ2v) is 9.86. The van der Waals surface area contributed by atoms with Gasteiger partial charge in [-0.05, 0) is 38.5 Å². The number of unbranched alkanes of at least 4 members (excludes halogenated alkanes) is 11. The topological polar surface area (TPSA) is 85.4 Å². The number of allylic oxidation sites excluding steroid dienone is 1. The molecule has 0 bridgehead atoms. The van der Waals surface area contributed by atoms with E-state index in [9.17, 15) is 14.7 Å².